The summed E-state index contributed by atoms with van der Waals surface area (Å²) in [6.07, 6.45) is 4.85. The van der Waals surface area contributed by atoms with Gasteiger partial charge in [-0.2, -0.15) is 0 Å². The van der Waals surface area contributed by atoms with Crippen LogP contribution in [0.5, 0.6) is 0 Å². The van der Waals surface area contributed by atoms with E-state index in [1.807, 2.05) is 31.2 Å². The molecule has 0 nitrogen and oxygen atoms in total. The van der Waals surface area contributed by atoms with Gasteiger partial charge in [0.05, 0.1) is 0 Å². The summed E-state index contributed by atoms with van der Waals surface area (Å²) in [7, 11) is 0. The van der Waals surface area contributed by atoms with E-state index in [-0.39, 0.29) is 0 Å². The van der Waals surface area contributed by atoms with E-state index in [0.29, 0.717) is 23.1 Å². The molecule has 0 bridgehead atoms. The van der Waals surface area contributed by atoms with E-state index < -0.39 is 11.6 Å². The van der Waals surface area contributed by atoms with Gasteiger partial charge in [0.2, 0.25) is 0 Å². The summed E-state index contributed by atoms with van der Waals surface area (Å²) in [5, 5.41) is 0. The van der Waals surface area contributed by atoms with Crippen LogP contribution in [0.4, 0.5) is 8.78 Å². The maximum atomic E-state index is 14.5. The van der Waals surface area contributed by atoms with Crippen molar-refractivity contribution in [1.29, 1.82) is 0 Å². The van der Waals surface area contributed by atoms with Gasteiger partial charge in [-0.1, -0.05) is 87.4 Å². The van der Waals surface area contributed by atoms with Gasteiger partial charge >= 0.3 is 0 Å². The molecule has 0 spiro atoms. The molecule has 27 heavy (non-hydrogen) atoms. The lowest BCUT2D eigenvalue weighted by atomic mass is 9.97. The van der Waals surface area contributed by atoms with Crippen LogP contribution in [0.1, 0.15) is 44.2 Å². The molecular weight excluding hydrogens is 338 g/mol. The number of unbranched alkanes of at least 4 members (excludes halogenated alkanes) is 1. The Balaban J connectivity index is 1.82. The monoisotopic (exact) mass is 364 g/mol. The molecule has 0 N–H and O–H groups in total. The van der Waals surface area contributed by atoms with E-state index in [0.717, 1.165) is 24.0 Å². The zero-order valence-corrected chi connectivity index (χ0v) is 16.1. The number of halogens is 2. The number of hydrogen-bond acceptors (Lipinski definition) is 0. The number of rotatable bonds is 7. The average molecular weight is 364 g/mol. The second-order valence-electron chi connectivity index (χ2n) is 7.03. The molecule has 0 radical (unpaired) electrons. The Labute approximate surface area is 160 Å². The second-order valence-corrected chi connectivity index (χ2v) is 7.03. The van der Waals surface area contributed by atoms with Crippen LogP contribution in [0, 0.1) is 11.6 Å². The topological polar surface area (TPSA) is 0 Å². The predicted octanol–water partition coefficient (Wildman–Crippen LogP) is 7.59. The molecule has 0 amide bonds. The normalized spacial score (nSPS) is 11.0. The fourth-order valence-electron chi connectivity index (χ4n) is 3.36. The summed E-state index contributed by atoms with van der Waals surface area (Å²) in [4.78, 5) is 0. The smallest absolute Gasteiger partial charge is 0.166 e. The van der Waals surface area contributed by atoms with E-state index >= 15 is 0 Å². The first-order chi connectivity index (χ1) is 13.1. The molecule has 0 fully saturated rings. The van der Waals surface area contributed by atoms with Crippen LogP contribution in [0.25, 0.3) is 22.3 Å². The fraction of sp³-hybridized carbons (Fsp3) is 0.280. The zero-order chi connectivity index (χ0) is 19.2. The van der Waals surface area contributed by atoms with Crippen LogP contribution in [0.15, 0.2) is 60.7 Å². The molecule has 0 unspecified atom stereocenters. The Bertz CT molecular complexity index is 877. The fourth-order valence-corrected chi connectivity index (χ4v) is 3.36. The molecule has 0 aliphatic heterocycles. The van der Waals surface area contributed by atoms with Crippen molar-refractivity contribution < 1.29 is 8.78 Å². The van der Waals surface area contributed by atoms with E-state index in [1.165, 1.54) is 18.4 Å². The van der Waals surface area contributed by atoms with E-state index in [2.05, 4.69) is 31.2 Å². The molecule has 0 aromatic heterocycles. The molecule has 2 heteroatoms. The maximum absolute atomic E-state index is 14.5. The Hall–Kier alpha value is -2.48. The van der Waals surface area contributed by atoms with Crippen molar-refractivity contribution in [2.24, 2.45) is 0 Å². The van der Waals surface area contributed by atoms with Crippen molar-refractivity contribution >= 4 is 0 Å². The van der Waals surface area contributed by atoms with Gasteiger partial charge in [0.25, 0.3) is 0 Å². The molecule has 0 aliphatic rings. The van der Waals surface area contributed by atoms with Crippen LogP contribution in [-0.4, -0.2) is 0 Å². The van der Waals surface area contributed by atoms with Gasteiger partial charge in [0.1, 0.15) is 0 Å². The Morgan fingerprint density at radius 3 is 1.78 bits per heavy atom. The Kier molecular flexibility index (Phi) is 6.39. The lowest BCUT2D eigenvalue weighted by molar-refractivity contribution is 0.500. The van der Waals surface area contributed by atoms with Gasteiger partial charge < -0.3 is 0 Å². The average Bonchev–Trinajstić information content (AvgIpc) is 2.71. The third kappa shape index (κ3) is 4.44. The molecule has 3 aromatic carbocycles. The first-order valence-corrected chi connectivity index (χ1v) is 9.80. The minimum absolute atomic E-state index is 0.314. The van der Waals surface area contributed by atoms with Crippen LogP contribution in [0.2, 0.25) is 0 Å². The highest BCUT2D eigenvalue weighted by Crippen LogP contribution is 2.29. The molecule has 140 valence electrons. The van der Waals surface area contributed by atoms with Crippen LogP contribution in [0.3, 0.4) is 0 Å². The van der Waals surface area contributed by atoms with Gasteiger partial charge in [-0.05, 0) is 47.1 Å². The molecule has 3 aromatic rings. The summed E-state index contributed by atoms with van der Waals surface area (Å²) in [6, 6.07) is 19.6. The minimum Gasteiger partial charge on any atom is -0.203 e. The summed E-state index contributed by atoms with van der Waals surface area (Å²) < 4.78 is 28.7. The van der Waals surface area contributed by atoms with Crippen molar-refractivity contribution in [1.82, 2.24) is 0 Å². The number of aryl methyl sites for hydroxylation is 2. The van der Waals surface area contributed by atoms with Gasteiger partial charge in [-0.3, -0.25) is 0 Å². The van der Waals surface area contributed by atoms with Crippen molar-refractivity contribution in [3.8, 4) is 22.3 Å². The zero-order valence-electron chi connectivity index (χ0n) is 16.1. The molecule has 3 rings (SSSR count). The molecule has 0 heterocycles. The lowest BCUT2D eigenvalue weighted by Gasteiger charge is -2.10. The lowest BCUT2D eigenvalue weighted by Crippen LogP contribution is -1.97. The predicted molar refractivity (Wildman–Crippen MR) is 110 cm³/mol. The molecular formula is C25H26F2. The maximum Gasteiger partial charge on any atom is 0.166 e. The van der Waals surface area contributed by atoms with Crippen molar-refractivity contribution in [2.75, 3.05) is 0 Å². The third-order valence-corrected chi connectivity index (χ3v) is 4.98. The highest BCUT2D eigenvalue weighted by atomic mass is 19.2. The molecule has 0 saturated carbocycles. The van der Waals surface area contributed by atoms with E-state index in [4.69, 9.17) is 0 Å². The van der Waals surface area contributed by atoms with E-state index in [1.54, 1.807) is 12.1 Å². The highest BCUT2D eigenvalue weighted by Gasteiger charge is 2.14. The summed E-state index contributed by atoms with van der Waals surface area (Å²) >= 11 is 0. The molecule has 0 saturated heterocycles. The third-order valence-electron chi connectivity index (χ3n) is 4.98. The summed E-state index contributed by atoms with van der Waals surface area (Å²) in [5.74, 6) is -1.48. The first kappa shape index (κ1) is 19.3. The van der Waals surface area contributed by atoms with Crippen molar-refractivity contribution in [3.05, 3.63) is 83.4 Å². The second kappa shape index (κ2) is 8.94. The Morgan fingerprint density at radius 2 is 1.19 bits per heavy atom. The van der Waals surface area contributed by atoms with Gasteiger partial charge in [-0.25, -0.2) is 8.78 Å². The highest BCUT2D eigenvalue weighted by molar-refractivity contribution is 5.71. The summed E-state index contributed by atoms with van der Waals surface area (Å²) in [5.41, 5.74) is 5.00. The molecule has 0 aliphatic carbocycles. The van der Waals surface area contributed by atoms with Crippen LogP contribution >= 0.6 is 0 Å². The van der Waals surface area contributed by atoms with Gasteiger partial charge in [-0.15, -0.1) is 0 Å². The van der Waals surface area contributed by atoms with Gasteiger partial charge in [0.15, 0.2) is 11.6 Å². The molecule has 0 atom stereocenters. The van der Waals surface area contributed by atoms with Crippen molar-refractivity contribution in [3.63, 3.8) is 0 Å². The van der Waals surface area contributed by atoms with Gasteiger partial charge in [0, 0.05) is 5.56 Å². The summed E-state index contributed by atoms with van der Waals surface area (Å²) in [6.45, 7) is 4.16. The van der Waals surface area contributed by atoms with Crippen LogP contribution < -0.4 is 0 Å². The largest absolute Gasteiger partial charge is 0.203 e. The Morgan fingerprint density at radius 1 is 0.593 bits per heavy atom. The number of benzene rings is 3. The standard InChI is InChI=1S/C25H26F2/c1-3-5-7-18-8-10-19(11-9-18)20-12-14-21(15-13-20)23-17-16-22(6-4-2)24(26)25(23)27/h8-17H,3-7H2,1-2H3. The number of hydrogen-bond donors (Lipinski definition) is 0. The SMILES string of the molecule is CCCCc1ccc(-c2ccc(-c3ccc(CCC)c(F)c3F)cc2)cc1. The van der Waals surface area contributed by atoms with Crippen LogP contribution in [-0.2, 0) is 12.8 Å². The van der Waals surface area contributed by atoms with Crippen molar-refractivity contribution in [2.45, 2.75) is 46.0 Å². The first-order valence-electron chi connectivity index (χ1n) is 9.80. The van der Waals surface area contributed by atoms with E-state index in [9.17, 15) is 8.78 Å². The quantitative estimate of drug-likeness (QED) is 0.405. The minimum atomic E-state index is -0.756.